The molecule has 35 heavy (non-hydrogen) atoms. The number of carbonyl (C=O) groups is 1. The van der Waals surface area contributed by atoms with Gasteiger partial charge in [-0.05, 0) is 30.3 Å². The van der Waals surface area contributed by atoms with Crippen LogP contribution in [0.3, 0.4) is 0 Å². The molecular weight excluding hydrogens is 500 g/mol. The summed E-state index contributed by atoms with van der Waals surface area (Å²) in [6.07, 6.45) is -8.38. The molecule has 0 saturated carbocycles. The van der Waals surface area contributed by atoms with Crippen LogP contribution in [0.15, 0.2) is 47.6 Å². The second kappa shape index (κ2) is 9.85. The molecule has 1 saturated heterocycles. The molecule has 14 heteroatoms. The average molecular weight is 519 g/mol. The summed E-state index contributed by atoms with van der Waals surface area (Å²) >= 11 is 0.686. The fourth-order valence-electron chi connectivity index (χ4n) is 3.69. The van der Waals surface area contributed by atoms with Gasteiger partial charge in [-0.1, -0.05) is 17.4 Å². The van der Waals surface area contributed by atoms with E-state index in [1.54, 1.807) is 6.20 Å². The summed E-state index contributed by atoms with van der Waals surface area (Å²) in [6.45, 7) is 3.39. The third kappa shape index (κ3) is 6.31. The molecule has 1 amide bonds. The Morgan fingerprint density at radius 3 is 2.40 bits per heavy atom. The maximum atomic E-state index is 12.8. The third-order valence-corrected chi connectivity index (χ3v) is 6.35. The first-order valence-electron chi connectivity index (χ1n) is 10.4. The highest BCUT2D eigenvalue weighted by Crippen LogP contribution is 2.28. The van der Waals surface area contributed by atoms with E-state index in [2.05, 4.69) is 24.5 Å². The molecule has 2 aromatic heterocycles. The molecule has 0 spiro atoms. The van der Waals surface area contributed by atoms with Crippen molar-refractivity contribution < 1.29 is 35.9 Å². The Kier molecular flexibility index (Phi) is 7.03. The van der Waals surface area contributed by atoms with Crippen LogP contribution < -0.4 is 14.4 Å². The highest BCUT2D eigenvalue weighted by molar-refractivity contribution is 7.16. The van der Waals surface area contributed by atoms with E-state index in [9.17, 15) is 31.1 Å². The lowest BCUT2D eigenvalue weighted by molar-refractivity contribution is -0.274. The lowest BCUT2D eigenvalue weighted by Crippen LogP contribution is -2.47. The molecule has 0 N–H and O–H groups in total. The Morgan fingerprint density at radius 2 is 1.77 bits per heavy atom. The molecule has 1 aliphatic rings. The van der Waals surface area contributed by atoms with E-state index in [0.29, 0.717) is 49.6 Å². The Hall–Kier alpha value is -3.13. The van der Waals surface area contributed by atoms with Gasteiger partial charge in [-0.15, -0.1) is 13.2 Å². The number of hydrogen-bond donors (Lipinski definition) is 0. The number of nitrogens with zero attached hydrogens (tertiary/aromatic N) is 5. The van der Waals surface area contributed by atoms with Crippen LogP contribution >= 0.6 is 11.3 Å². The lowest BCUT2D eigenvalue weighted by Gasteiger charge is -2.35. The quantitative estimate of drug-likeness (QED) is 0.480. The Balaban J connectivity index is 1.55. The Morgan fingerprint density at radius 1 is 1.03 bits per heavy atom. The van der Waals surface area contributed by atoms with Crippen LogP contribution in [-0.2, 0) is 11.3 Å². The number of carbonyl (C=O) groups excluding carboxylic acids is 1. The summed E-state index contributed by atoms with van der Waals surface area (Å²) in [5.74, 6) is -1.94. The Labute approximate surface area is 198 Å². The predicted octanol–water partition coefficient (Wildman–Crippen LogP) is 3.81. The minimum Gasteiger partial charge on any atom is -0.406 e. The second-order valence-electron chi connectivity index (χ2n) is 7.64. The number of alkyl halides is 6. The van der Waals surface area contributed by atoms with E-state index < -0.39 is 24.2 Å². The number of benzene rings is 1. The SMILES string of the molecule is O=C(N=c1sc2cc(OC(F)(F)F)ccc2n1CCN1CCN(c2ccccn2)CC1)C(F)(F)F. The molecule has 1 aromatic carbocycles. The zero-order valence-electron chi connectivity index (χ0n) is 18.0. The maximum absolute atomic E-state index is 12.8. The smallest absolute Gasteiger partial charge is 0.406 e. The summed E-state index contributed by atoms with van der Waals surface area (Å²) in [5, 5.41) is 0. The van der Waals surface area contributed by atoms with Gasteiger partial charge in [0.2, 0.25) is 0 Å². The molecule has 4 rings (SSSR count). The summed E-state index contributed by atoms with van der Waals surface area (Å²) in [7, 11) is 0. The van der Waals surface area contributed by atoms with Crippen LogP contribution in [0.2, 0.25) is 0 Å². The van der Waals surface area contributed by atoms with Crippen LogP contribution in [0.25, 0.3) is 10.2 Å². The topological polar surface area (TPSA) is 63.0 Å². The lowest BCUT2D eigenvalue weighted by atomic mass is 10.3. The first kappa shape index (κ1) is 25.0. The number of piperazine rings is 1. The number of halogens is 6. The average Bonchev–Trinajstić information content (AvgIpc) is 3.13. The first-order valence-corrected chi connectivity index (χ1v) is 11.2. The molecule has 1 aliphatic heterocycles. The van der Waals surface area contributed by atoms with Crippen molar-refractivity contribution in [3.05, 3.63) is 47.4 Å². The van der Waals surface area contributed by atoms with Gasteiger partial charge in [-0.25, -0.2) is 4.98 Å². The molecule has 0 unspecified atom stereocenters. The van der Waals surface area contributed by atoms with Gasteiger partial charge >= 0.3 is 18.4 Å². The number of fused-ring (bicyclic) bond motifs is 1. The highest BCUT2D eigenvalue weighted by atomic mass is 32.1. The number of aromatic nitrogens is 2. The highest BCUT2D eigenvalue weighted by Gasteiger charge is 2.39. The van der Waals surface area contributed by atoms with Crippen LogP contribution in [0, 0.1) is 0 Å². The molecule has 0 atom stereocenters. The van der Waals surface area contributed by atoms with Crippen molar-refractivity contribution in [1.82, 2.24) is 14.5 Å². The van der Waals surface area contributed by atoms with E-state index in [0.717, 1.165) is 18.0 Å². The van der Waals surface area contributed by atoms with E-state index >= 15 is 0 Å². The number of ether oxygens (including phenoxy) is 1. The number of rotatable bonds is 5. The van der Waals surface area contributed by atoms with E-state index in [-0.39, 0.29) is 16.0 Å². The first-order chi connectivity index (χ1) is 16.5. The van der Waals surface area contributed by atoms with Crippen LogP contribution in [-0.4, -0.2) is 65.6 Å². The summed E-state index contributed by atoms with van der Waals surface area (Å²) in [4.78, 5) is 23.0. The number of anilines is 1. The fourth-order valence-corrected chi connectivity index (χ4v) is 4.77. The maximum Gasteiger partial charge on any atom is 0.573 e. The molecular formula is C21H19F6N5O2S. The van der Waals surface area contributed by atoms with Crippen LogP contribution in [0.4, 0.5) is 32.2 Å². The monoisotopic (exact) mass is 519 g/mol. The predicted molar refractivity (Wildman–Crippen MR) is 116 cm³/mol. The van der Waals surface area contributed by atoms with E-state index in [1.165, 1.54) is 10.6 Å². The van der Waals surface area contributed by atoms with Crippen molar-refractivity contribution in [2.45, 2.75) is 19.1 Å². The van der Waals surface area contributed by atoms with Crippen molar-refractivity contribution in [3.8, 4) is 5.75 Å². The van der Waals surface area contributed by atoms with Crippen molar-refractivity contribution in [3.63, 3.8) is 0 Å². The van der Waals surface area contributed by atoms with Gasteiger partial charge in [-0.3, -0.25) is 9.69 Å². The van der Waals surface area contributed by atoms with Gasteiger partial charge in [0.25, 0.3) is 0 Å². The number of thiazole rings is 1. The summed E-state index contributed by atoms with van der Waals surface area (Å²) < 4.78 is 81.7. The minimum atomic E-state index is -5.17. The standard InChI is InChI=1S/C21H19F6N5O2S/c22-20(23,24)18(33)29-19-32(15-5-4-14(13-16(15)35-19)34-21(25,26)27)12-9-30-7-10-31(11-8-30)17-3-1-2-6-28-17/h1-6,13H,7-12H2. The van der Waals surface area contributed by atoms with Gasteiger partial charge in [0, 0.05) is 45.5 Å². The zero-order valence-corrected chi connectivity index (χ0v) is 18.8. The summed E-state index contributed by atoms with van der Waals surface area (Å²) in [6, 6.07) is 9.07. The number of pyridine rings is 1. The van der Waals surface area contributed by atoms with E-state index in [4.69, 9.17) is 0 Å². The van der Waals surface area contributed by atoms with E-state index in [1.807, 2.05) is 18.2 Å². The van der Waals surface area contributed by atoms with Crippen LogP contribution in [0.1, 0.15) is 0 Å². The number of amides is 1. The molecule has 0 bridgehead atoms. The van der Waals surface area contributed by atoms with Gasteiger partial charge in [0.05, 0.1) is 10.2 Å². The van der Waals surface area contributed by atoms with Gasteiger partial charge in [-0.2, -0.15) is 18.2 Å². The van der Waals surface area contributed by atoms with Gasteiger partial charge < -0.3 is 14.2 Å². The zero-order chi connectivity index (χ0) is 25.2. The second-order valence-corrected chi connectivity index (χ2v) is 8.65. The largest absolute Gasteiger partial charge is 0.573 e. The van der Waals surface area contributed by atoms with Crippen molar-refractivity contribution >= 4 is 33.3 Å². The molecule has 7 nitrogen and oxygen atoms in total. The van der Waals surface area contributed by atoms with Gasteiger partial charge in [0.1, 0.15) is 11.6 Å². The normalized spacial score (nSPS) is 16.2. The van der Waals surface area contributed by atoms with Gasteiger partial charge in [0.15, 0.2) is 4.80 Å². The van der Waals surface area contributed by atoms with Crippen molar-refractivity contribution in [2.75, 3.05) is 37.6 Å². The molecule has 0 aliphatic carbocycles. The fraction of sp³-hybridized carbons (Fsp3) is 0.381. The third-order valence-electron chi connectivity index (χ3n) is 5.31. The van der Waals surface area contributed by atoms with Crippen molar-refractivity contribution in [1.29, 1.82) is 0 Å². The summed E-state index contributed by atoms with van der Waals surface area (Å²) in [5.41, 5.74) is 0.352. The number of hydrogen-bond acceptors (Lipinski definition) is 6. The Bertz CT molecular complexity index is 1250. The van der Waals surface area contributed by atoms with Crippen molar-refractivity contribution in [2.24, 2.45) is 4.99 Å². The minimum absolute atomic E-state index is 0.188. The molecule has 3 aromatic rings. The molecule has 0 radical (unpaired) electrons. The molecule has 3 heterocycles. The molecule has 1 fully saturated rings. The molecule has 188 valence electrons. The van der Waals surface area contributed by atoms with Crippen LogP contribution in [0.5, 0.6) is 5.75 Å².